The minimum atomic E-state index is -0.642. The molecule has 9 heteroatoms. The lowest BCUT2D eigenvalue weighted by Crippen LogP contribution is -2.49. The summed E-state index contributed by atoms with van der Waals surface area (Å²) in [5.41, 5.74) is 2.24. The molecule has 0 N–H and O–H groups in total. The molecule has 0 atom stereocenters. The van der Waals surface area contributed by atoms with Crippen LogP contribution >= 0.6 is 0 Å². The number of benzene rings is 2. The number of methoxy groups -OCH3 is 1. The number of amides is 1. The van der Waals surface area contributed by atoms with E-state index >= 15 is 0 Å². The number of carbonyl (C=O) groups excluding carboxylic acids is 2. The summed E-state index contributed by atoms with van der Waals surface area (Å²) in [6.07, 6.45) is 3.19. The first-order valence-corrected chi connectivity index (χ1v) is 11.3. The third kappa shape index (κ3) is 4.36. The Bertz CT molecular complexity index is 1420. The highest BCUT2D eigenvalue weighted by Gasteiger charge is 2.29. The lowest BCUT2D eigenvalue weighted by molar-refractivity contribution is 0.0714. The molecule has 1 fully saturated rings. The second-order valence-electron chi connectivity index (χ2n) is 8.35. The molecule has 0 bridgehead atoms. The molecule has 2 aliphatic rings. The van der Waals surface area contributed by atoms with Crippen LogP contribution in [0.3, 0.4) is 0 Å². The van der Waals surface area contributed by atoms with E-state index in [2.05, 4.69) is 16.0 Å². The molecular formula is C27H21FN4O4. The molecule has 180 valence electrons. The first kappa shape index (κ1) is 23.1. The summed E-state index contributed by atoms with van der Waals surface area (Å²) in [5, 5.41) is 8.94. The summed E-state index contributed by atoms with van der Waals surface area (Å²) < 4.78 is 24.4. The molecule has 2 aliphatic heterocycles. The SMILES string of the molecule is COc1cc2c(cc1F)C(=O)OC2=Cc1cccc(C(=O)N2CCN(c3ccc(C#N)cn3)CC2)c1. The van der Waals surface area contributed by atoms with Crippen LogP contribution in [0.2, 0.25) is 0 Å². The number of nitriles is 1. The molecule has 1 saturated heterocycles. The van der Waals surface area contributed by atoms with Gasteiger partial charge in [0.1, 0.15) is 17.6 Å². The van der Waals surface area contributed by atoms with Gasteiger partial charge in [0.15, 0.2) is 11.6 Å². The molecule has 3 aromatic rings. The average Bonchev–Trinajstić information content (AvgIpc) is 3.21. The fourth-order valence-corrected chi connectivity index (χ4v) is 4.27. The van der Waals surface area contributed by atoms with E-state index in [1.165, 1.54) is 13.2 Å². The Kier molecular flexibility index (Phi) is 6.09. The number of pyridine rings is 1. The number of hydrogen-bond acceptors (Lipinski definition) is 7. The average molecular weight is 484 g/mol. The molecule has 1 amide bonds. The smallest absolute Gasteiger partial charge is 0.344 e. The van der Waals surface area contributed by atoms with Crippen LogP contribution in [-0.2, 0) is 4.74 Å². The zero-order chi connectivity index (χ0) is 25.2. The van der Waals surface area contributed by atoms with Crippen LogP contribution in [0, 0.1) is 17.1 Å². The van der Waals surface area contributed by atoms with Gasteiger partial charge < -0.3 is 19.3 Å². The molecule has 0 radical (unpaired) electrons. The van der Waals surface area contributed by atoms with Crippen molar-refractivity contribution in [3.63, 3.8) is 0 Å². The molecule has 8 nitrogen and oxygen atoms in total. The maximum absolute atomic E-state index is 14.0. The monoisotopic (exact) mass is 484 g/mol. The van der Waals surface area contributed by atoms with Gasteiger partial charge in [0.2, 0.25) is 0 Å². The standard InChI is InChI=1S/C27H21FN4O4/c1-35-24-14-20-21(13-22(24)28)27(34)36-23(20)12-17-3-2-4-19(11-17)26(33)32-9-7-31(8-10-32)25-6-5-18(15-29)16-30-25/h2-6,11-14,16H,7-10H2,1H3. The molecule has 36 heavy (non-hydrogen) atoms. The second kappa shape index (κ2) is 9.50. The Morgan fingerprint density at radius 3 is 2.64 bits per heavy atom. The van der Waals surface area contributed by atoms with Gasteiger partial charge in [-0.05, 0) is 48.0 Å². The van der Waals surface area contributed by atoms with Crippen LogP contribution in [0.15, 0.2) is 54.7 Å². The van der Waals surface area contributed by atoms with Crippen LogP contribution in [0.4, 0.5) is 10.2 Å². The van der Waals surface area contributed by atoms with Gasteiger partial charge in [0.25, 0.3) is 5.91 Å². The van der Waals surface area contributed by atoms with E-state index in [0.717, 1.165) is 11.9 Å². The third-order valence-corrected chi connectivity index (χ3v) is 6.18. The fraction of sp³-hybridized carbons (Fsp3) is 0.185. The number of piperazine rings is 1. The summed E-state index contributed by atoms with van der Waals surface area (Å²) in [6, 6.07) is 15.2. The number of ether oxygens (including phenoxy) is 2. The van der Waals surface area contributed by atoms with E-state index in [0.29, 0.717) is 48.4 Å². The summed E-state index contributed by atoms with van der Waals surface area (Å²) in [5.74, 6) is -0.330. The van der Waals surface area contributed by atoms with E-state index in [4.69, 9.17) is 14.7 Å². The molecule has 5 rings (SSSR count). The predicted octanol–water partition coefficient (Wildman–Crippen LogP) is 3.73. The lowest BCUT2D eigenvalue weighted by Gasteiger charge is -2.35. The first-order valence-electron chi connectivity index (χ1n) is 11.3. The van der Waals surface area contributed by atoms with Crippen molar-refractivity contribution in [3.8, 4) is 11.8 Å². The van der Waals surface area contributed by atoms with E-state index in [-0.39, 0.29) is 23.0 Å². The fourth-order valence-electron chi connectivity index (χ4n) is 4.27. The van der Waals surface area contributed by atoms with Gasteiger partial charge in [-0.3, -0.25) is 4.79 Å². The predicted molar refractivity (Wildman–Crippen MR) is 130 cm³/mol. The Morgan fingerprint density at radius 1 is 1.14 bits per heavy atom. The van der Waals surface area contributed by atoms with Gasteiger partial charge in [0, 0.05) is 43.5 Å². The number of rotatable bonds is 4. The molecule has 0 unspecified atom stereocenters. The largest absolute Gasteiger partial charge is 0.494 e. The van der Waals surface area contributed by atoms with Gasteiger partial charge in [-0.1, -0.05) is 12.1 Å². The Hall–Kier alpha value is -4.71. The normalized spacial score (nSPS) is 15.9. The number of fused-ring (bicyclic) bond motifs is 1. The van der Waals surface area contributed by atoms with Crippen molar-refractivity contribution in [2.75, 3.05) is 38.2 Å². The highest BCUT2D eigenvalue weighted by molar-refractivity contribution is 6.06. The van der Waals surface area contributed by atoms with Crippen molar-refractivity contribution in [1.29, 1.82) is 5.26 Å². The van der Waals surface area contributed by atoms with Crippen LogP contribution in [0.1, 0.15) is 37.4 Å². The van der Waals surface area contributed by atoms with Crippen LogP contribution in [0.5, 0.6) is 5.75 Å². The number of cyclic esters (lactones) is 1. The summed E-state index contributed by atoms with van der Waals surface area (Å²) in [4.78, 5) is 33.6. The van der Waals surface area contributed by atoms with Crippen molar-refractivity contribution in [3.05, 3.63) is 88.4 Å². The van der Waals surface area contributed by atoms with E-state index < -0.39 is 11.8 Å². The van der Waals surface area contributed by atoms with Crippen molar-refractivity contribution in [2.45, 2.75) is 0 Å². The summed E-state index contributed by atoms with van der Waals surface area (Å²) in [6.45, 7) is 2.31. The van der Waals surface area contributed by atoms with Crippen LogP contribution in [0.25, 0.3) is 11.8 Å². The second-order valence-corrected chi connectivity index (χ2v) is 8.35. The van der Waals surface area contributed by atoms with Crippen molar-refractivity contribution >= 4 is 29.5 Å². The molecular weight excluding hydrogens is 463 g/mol. The topological polar surface area (TPSA) is 95.8 Å². The van der Waals surface area contributed by atoms with Crippen molar-refractivity contribution < 1.29 is 23.5 Å². The maximum Gasteiger partial charge on any atom is 0.344 e. The van der Waals surface area contributed by atoms with Crippen LogP contribution in [-0.4, -0.2) is 55.0 Å². The maximum atomic E-state index is 14.0. The van der Waals surface area contributed by atoms with Crippen LogP contribution < -0.4 is 9.64 Å². The number of hydrogen-bond donors (Lipinski definition) is 0. The summed E-state index contributed by atoms with van der Waals surface area (Å²) in [7, 11) is 1.35. The van der Waals surface area contributed by atoms with E-state index in [1.807, 2.05) is 6.07 Å². The minimum Gasteiger partial charge on any atom is -0.494 e. The third-order valence-electron chi connectivity index (χ3n) is 6.18. The zero-order valence-electron chi connectivity index (χ0n) is 19.4. The quantitative estimate of drug-likeness (QED) is 0.521. The van der Waals surface area contributed by atoms with Gasteiger partial charge in [-0.15, -0.1) is 0 Å². The van der Waals surface area contributed by atoms with Crippen molar-refractivity contribution in [1.82, 2.24) is 9.88 Å². The van der Waals surface area contributed by atoms with Gasteiger partial charge in [-0.25, -0.2) is 14.2 Å². The Morgan fingerprint density at radius 2 is 1.94 bits per heavy atom. The molecule has 0 aliphatic carbocycles. The number of nitrogens with zero attached hydrogens (tertiary/aromatic N) is 4. The molecule has 0 spiro atoms. The number of anilines is 1. The van der Waals surface area contributed by atoms with Gasteiger partial charge in [0.05, 0.1) is 18.2 Å². The van der Waals surface area contributed by atoms with Crippen molar-refractivity contribution in [2.24, 2.45) is 0 Å². The number of esters is 1. The number of aromatic nitrogens is 1. The lowest BCUT2D eigenvalue weighted by atomic mass is 10.0. The van der Waals surface area contributed by atoms with Gasteiger partial charge in [-0.2, -0.15) is 5.26 Å². The number of halogens is 1. The van der Waals surface area contributed by atoms with Gasteiger partial charge >= 0.3 is 5.97 Å². The molecule has 3 heterocycles. The molecule has 1 aromatic heterocycles. The highest BCUT2D eigenvalue weighted by Crippen LogP contribution is 2.35. The van der Waals surface area contributed by atoms with E-state index in [1.54, 1.807) is 47.5 Å². The zero-order valence-corrected chi connectivity index (χ0v) is 19.4. The Balaban J connectivity index is 1.31. The van der Waals surface area contributed by atoms with E-state index in [9.17, 15) is 14.0 Å². The first-order chi connectivity index (χ1) is 17.5. The molecule has 0 saturated carbocycles. The molecule has 2 aromatic carbocycles. The minimum absolute atomic E-state index is 0.0113. The number of carbonyl (C=O) groups is 2. The summed E-state index contributed by atoms with van der Waals surface area (Å²) >= 11 is 0. The Labute approximate surface area is 206 Å². The highest BCUT2D eigenvalue weighted by atomic mass is 19.1.